The second kappa shape index (κ2) is 7.21. The Morgan fingerprint density at radius 1 is 0.857 bits per heavy atom. The lowest BCUT2D eigenvalue weighted by Gasteiger charge is -2.50. The van der Waals surface area contributed by atoms with E-state index in [4.69, 9.17) is 4.99 Å². The number of para-hydroxylation sites is 1. The van der Waals surface area contributed by atoms with Gasteiger partial charge in [0.2, 0.25) is 0 Å². The monoisotopic (exact) mass is 395 g/mol. The highest BCUT2D eigenvalue weighted by Crippen LogP contribution is 2.40. The maximum Gasteiger partial charge on any atom is 0.137 e. The van der Waals surface area contributed by atoms with Crippen LogP contribution in [0.3, 0.4) is 0 Å². The summed E-state index contributed by atoms with van der Waals surface area (Å²) >= 11 is 1.79. The summed E-state index contributed by atoms with van der Waals surface area (Å²) in [5.74, 6) is 1.06. The van der Waals surface area contributed by atoms with Gasteiger partial charge in [0, 0.05) is 47.1 Å². The molecule has 0 spiro atoms. The molecule has 2 aromatic rings. The minimum absolute atomic E-state index is 0.273. The minimum atomic E-state index is -0.753. The van der Waals surface area contributed by atoms with Crippen molar-refractivity contribution >= 4 is 23.3 Å². The van der Waals surface area contributed by atoms with Gasteiger partial charge in [0.15, 0.2) is 0 Å². The molecule has 2 aromatic carbocycles. The van der Waals surface area contributed by atoms with Gasteiger partial charge in [-0.2, -0.15) is 0 Å². The molecule has 0 aliphatic carbocycles. The van der Waals surface area contributed by atoms with Crippen LogP contribution in [-0.2, 0) is 0 Å². The average Bonchev–Trinajstić information content (AvgIpc) is 2.84. The number of aliphatic imine (C=N–C) groups is 1. The first kappa shape index (κ1) is 19.5. The second-order valence-corrected chi connectivity index (χ2v) is 9.68. The third-order valence-corrected chi connectivity index (χ3v) is 7.45. The van der Waals surface area contributed by atoms with Gasteiger partial charge in [-0.3, -0.25) is 4.90 Å². The van der Waals surface area contributed by atoms with E-state index in [9.17, 15) is 5.11 Å². The molecular weight excluding hydrogens is 366 g/mol. The van der Waals surface area contributed by atoms with Crippen LogP contribution in [0.2, 0.25) is 0 Å². The Morgan fingerprint density at radius 2 is 1.46 bits per heavy atom. The second-order valence-electron chi connectivity index (χ2n) is 8.59. The summed E-state index contributed by atoms with van der Waals surface area (Å²) in [6, 6.07) is 16.9. The van der Waals surface area contributed by atoms with Crippen LogP contribution in [0.15, 0.2) is 63.3 Å². The van der Waals surface area contributed by atoms with E-state index in [-0.39, 0.29) is 5.54 Å². The maximum atomic E-state index is 10.6. The molecule has 0 atom stereocenters. The quantitative estimate of drug-likeness (QED) is 0.818. The van der Waals surface area contributed by atoms with Gasteiger partial charge in [-0.1, -0.05) is 42.1 Å². The Balaban J connectivity index is 1.64. The summed E-state index contributed by atoms with van der Waals surface area (Å²) in [5, 5.41) is 10.6. The highest BCUT2D eigenvalue weighted by atomic mass is 32.2. The van der Waals surface area contributed by atoms with Crippen LogP contribution < -0.4 is 0 Å². The van der Waals surface area contributed by atoms with Gasteiger partial charge < -0.3 is 10.0 Å². The van der Waals surface area contributed by atoms with Crippen molar-refractivity contribution in [3.05, 3.63) is 54.1 Å². The molecule has 0 bridgehead atoms. The lowest BCUT2D eigenvalue weighted by Crippen LogP contribution is -2.63. The largest absolute Gasteiger partial charge is 0.389 e. The number of benzene rings is 2. The summed E-state index contributed by atoms with van der Waals surface area (Å²) in [7, 11) is 0. The van der Waals surface area contributed by atoms with Crippen LogP contribution in [0.5, 0.6) is 0 Å². The molecule has 1 N–H and O–H groups in total. The van der Waals surface area contributed by atoms with E-state index in [0.29, 0.717) is 0 Å². The lowest BCUT2D eigenvalue weighted by molar-refractivity contribution is -0.0817. The summed E-state index contributed by atoms with van der Waals surface area (Å²) in [6.07, 6.45) is 0. The van der Waals surface area contributed by atoms with Crippen LogP contribution in [0, 0.1) is 0 Å². The van der Waals surface area contributed by atoms with E-state index < -0.39 is 5.60 Å². The predicted molar refractivity (Wildman–Crippen MR) is 117 cm³/mol. The molecule has 2 aliphatic rings. The average molecular weight is 396 g/mol. The Kier molecular flexibility index (Phi) is 5.02. The molecule has 1 fully saturated rings. The maximum absolute atomic E-state index is 10.6. The number of hydrogen-bond donors (Lipinski definition) is 1. The highest BCUT2D eigenvalue weighted by Gasteiger charge is 2.41. The Hall–Kier alpha value is -1.82. The van der Waals surface area contributed by atoms with Crippen molar-refractivity contribution in [3.8, 4) is 0 Å². The van der Waals surface area contributed by atoms with Gasteiger partial charge in [-0.05, 0) is 45.9 Å². The number of fused-ring (bicyclic) bond motifs is 2. The van der Waals surface area contributed by atoms with Crippen molar-refractivity contribution in [1.82, 2.24) is 9.80 Å². The van der Waals surface area contributed by atoms with Crippen LogP contribution in [0.25, 0.3) is 0 Å². The van der Waals surface area contributed by atoms with Crippen molar-refractivity contribution in [2.45, 2.75) is 48.6 Å². The zero-order valence-corrected chi connectivity index (χ0v) is 18.0. The van der Waals surface area contributed by atoms with Crippen LogP contribution >= 0.6 is 11.8 Å². The van der Waals surface area contributed by atoms with Crippen LogP contribution in [0.4, 0.5) is 5.69 Å². The van der Waals surface area contributed by atoms with Gasteiger partial charge in [-0.15, -0.1) is 0 Å². The highest BCUT2D eigenvalue weighted by molar-refractivity contribution is 7.99. The van der Waals surface area contributed by atoms with Crippen molar-refractivity contribution in [3.63, 3.8) is 0 Å². The van der Waals surface area contributed by atoms with E-state index in [0.717, 1.165) is 37.7 Å². The van der Waals surface area contributed by atoms with Gasteiger partial charge in [-0.25, -0.2) is 4.99 Å². The van der Waals surface area contributed by atoms with E-state index in [1.807, 2.05) is 13.8 Å². The standard InChI is InChI=1S/C23H29N3OS/c1-22(2,23(3,4)27)26-15-13-25(14-16-26)21-17-9-5-7-11-19(17)28-20-12-8-6-10-18(20)24-21/h5-12,27H,13-16H2,1-4H3. The first-order chi connectivity index (χ1) is 13.3. The normalized spacial score (nSPS) is 18.2. The molecule has 0 radical (unpaired) electrons. The predicted octanol–water partition coefficient (Wildman–Crippen LogP) is 4.40. The van der Waals surface area contributed by atoms with Crippen molar-refractivity contribution < 1.29 is 5.11 Å². The van der Waals surface area contributed by atoms with E-state index in [2.05, 4.69) is 72.2 Å². The summed E-state index contributed by atoms with van der Waals surface area (Å²) in [4.78, 5) is 12.3. The molecule has 0 unspecified atom stereocenters. The van der Waals surface area contributed by atoms with Gasteiger partial charge in [0.05, 0.1) is 11.3 Å². The molecule has 1 saturated heterocycles. The minimum Gasteiger partial charge on any atom is -0.389 e. The molecule has 4 nitrogen and oxygen atoms in total. The summed E-state index contributed by atoms with van der Waals surface area (Å²) in [5.41, 5.74) is 1.22. The van der Waals surface area contributed by atoms with Gasteiger partial charge in [0.1, 0.15) is 5.84 Å². The molecule has 148 valence electrons. The number of rotatable bonds is 2. The number of aliphatic hydroxyl groups is 1. The fourth-order valence-corrected chi connectivity index (χ4v) is 4.79. The number of nitrogens with zero attached hydrogens (tertiary/aromatic N) is 3. The molecule has 5 heteroatoms. The molecule has 0 aromatic heterocycles. The van der Waals surface area contributed by atoms with Crippen LogP contribution in [-0.4, -0.2) is 58.1 Å². The van der Waals surface area contributed by atoms with Gasteiger partial charge >= 0.3 is 0 Å². The van der Waals surface area contributed by atoms with E-state index in [1.165, 1.54) is 15.4 Å². The first-order valence-corrected chi connectivity index (χ1v) is 10.8. The lowest BCUT2D eigenvalue weighted by atomic mass is 9.83. The Morgan fingerprint density at radius 3 is 2.14 bits per heavy atom. The number of amidine groups is 1. The fraction of sp³-hybridized carbons (Fsp3) is 0.435. The third-order valence-electron chi connectivity index (χ3n) is 6.31. The number of hydrogen-bond acceptors (Lipinski definition) is 5. The zero-order valence-electron chi connectivity index (χ0n) is 17.1. The van der Waals surface area contributed by atoms with E-state index >= 15 is 0 Å². The Labute approximate surface area is 172 Å². The SMILES string of the molecule is CC(C)(O)C(C)(C)N1CCN(C2=Nc3ccccc3Sc3ccccc32)CC1. The summed E-state index contributed by atoms with van der Waals surface area (Å²) in [6.45, 7) is 11.7. The Bertz CT molecular complexity index is 893. The fourth-order valence-electron chi connectivity index (χ4n) is 3.77. The molecule has 0 amide bonds. The molecule has 0 saturated carbocycles. The topological polar surface area (TPSA) is 39.1 Å². The van der Waals surface area contributed by atoms with Gasteiger partial charge in [0.25, 0.3) is 0 Å². The number of piperazine rings is 1. The molecule has 4 rings (SSSR count). The van der Waals surface area contributed by atoms with E-state index in [1.54, 1.807) is 11.8 Å². The zero-order chi connectivity index (χ0) is 19.9. The van der Waals surface area contributed by atoms with Crippen molar-refractivity contribution in [2.24, 2.45) is 4.99 Å². The third kappa shape index (κ3) is 3.47. The molecule has 2 heterocycles. The smallest absolute Gasteiger partial charge is 0.137 e. The molecular formula is C23H29N3OS. The van der Waals surface area contributed by atoms with Crippen LogP contribution in [0.1, 0.15) is 33.3 Å². The first-order valence-electron chi connectivity index (χ1n) is 9.95. The van der Waals surface area contributed by atoms with Crippen molar-refractivity contribution in [1.29, 1.82) is 0 Å². The van der Waals surface area contributed by atoms with Crippen molar-refractivity contribution in [2.75, 3.05) is 26.2 Å². The molecule has 2 aliphatic heterocycles. The molecule has 28 heavy (non-hydrogen) atoms. The summed E-state index contributed by atoms with van der Waals surface area (Å²) < 4.78 is 0.